The smallest absolute Gasteiger partial charge is 0.315 e. The van der Waals surface area contributed by atoms with Gasteiger partial charge in [0, 0.05) is 11.1 Å². The molecule has 0 aliphatic rings. The fourth-order valence-corrected chi connectivity index (χ4v) is 2.80. The molecule has 0 aromatic heterocycles. The molecular weight excluding hydrogens is 300 g/mol. The van der Waals surface area contributed by atoms with Gasteiger partial charge in [0.15, 0.2) is 5.78 Å². The highest BCUT2D eigenvalue weighted by molar-refractivity contribution is 6.10. The predicted molar refractivity (Wildman–Crippen MR) is 92.2 cm³/mol. The van der Waals surface area contributed by atoms with Gasteiger partial charge in [-0.3, -0.25) is 9.59 Å². The number of hydrogen-bond donors (Lipinski definition) is 1. The molecule has 3 nitrogen and oxygen atoms in total. The highest BCUT2D eigenvalue weighted by Crippen LogP contribution is 2.29. The summed E-state index contributed by atoms with van der Waals surface area (Å²) in [6.07, 6.45) is 0. The van der Waals surface area contributed by atoms with Crippen LogP contribution in [-0.2, 0) is 4.79 Å². The van der Waals surface area contributed by atoms with Crippen molar-refractivity contribution >= 4 is 11.8 Å². The Balaban J connectivity index is 2.11. The molecule has 3 aromatic carbocycles. The Kier molecular flexibility index (Phi) is 4.52. The summed E-state index contributed by atoms with van der Waals surface area (Å²) in [5, 5.41) is 9.75. The van der Waals surface area contributed by atoms with E-state index in [9.17, 15) is 14.7 Å². The van der Waals surface area contributed by atoms with Gasteiger partial charge in [0.2, 0.25) is 0 Å². The van der Waals surface area contributed by atoms with Gasteiger partial charge in [-0.2, -0.15) is 0 Å². The minimum absolute atomic E-state index is 0.173. The van der Waals surface area contributed by atoms with Crippen molar-refractivity contribution in [1.82, 2.24) is 0 Å². The first-order valence-electron chi connectivity index (χ1n) is 7.65. The van der Waals surface area contributed by atoms with E-state index in [1.54, 1.807) is 72.8 Å². The van der Waals surface area contributed by atoms with Gasteiger partial charge in [-0.15, -0.1) is 0 Å². The summed E-state index contributed by atoms with van der Waals surface area (Å²) in [7, 11) is 0. The first-order valence-corrected chi connectivity index (χ1v) is 7.65. The summed E-state index contributed by atoms with van der Waals surface area (Å²) < 4.78 is 0. The standard InChI is InChI=1S/C21H16O3/c22-20(16-11-5-2-6-12-16)18-14-8-7-13-17(18)19(21(23)24)15-9-3-1-4-10-15/h1-14,19H,(H,23,24). The predicted octanol–water partition coefficient (Wildman–Crippen LogP) is 4.13. The molecule has 0 aliphatic carbocycles. The Morgan fingerprint density at radius 2 is 1.25 bits per heavy atom. The number of hydrogen-bond acceptors (Lipinski definition) is 2. The number of carboxylic acid groups (broad SMARTS) is 1. The van der Waals surface area contributed by atoms with Gasteiger partial charge in [-0.25, -0.2) is 0 Å². The molecule has 0 radical (unpaired) electrons. The lowest BCUT2D eigenvalue weighted by atomic mass is 9.86. The summed E-state index contributed by atoms with van der Waals surface area (Å²) in [5.41, 5.74) is 2.12. The number of rotatable bonds is 5. The van der Waals surface area contributed by atoms with Crippen LogP contribution in [0.1, 0.15) is 33.0 Å². The molecule has 1 atom stereocenters. The third-order valence-electron chi connectivity index (χ3n) is 3.93. The minimum Gasteiger partial charge on any atom is -0.481 e. The highest BCUT2D eigenvalue weighted by Gasteiger charge is 2.26. The van der Waals surface area contributed by atoms with Crippen molar-refractivity contribution in [3.8, 4) is 0 Å². The molecule has 0 saturated heterocycles. The summed E-state index contributed by atoms with van der Waals surface area (Å²) in [4.78, 5) is 24.7. The van der Waals surface area contributed by atoms with E-state index in [1.165, 1.54) is 0 Å². The second kappa shape index (κ2) is 6.92. The van der Waals surface area contributed by atoms with Gasteiger partial charge in [0.1, 0.15) is 5.92 Å². The zero-order chi connectivity index (χ0) is 16.9. The Hall–Kier alpha value is -3.20. The third kappa shape index (κ3) is 3.10. The maximum atomic E-state index is 12.8. The molecule has 118 valence electrons. The van der Waals surface area contributed by atoms with Crippen LogP contribution in [-0.4, -0.2) is 16.9 Å². The molecule has 0 aliphatic heterocycles. The van der Waals surface area contributed by atoms with Crippen molar-refractivity contribution in [1.29, 1.82) is 0 Å². The van der Waals surface area contributed by atoms with Crippen molar-refractivity contribution in [2.75, 3.05) is 0 Å². The quantitative estimate of drug-likeness (QED) is 0.720. The third-order valence-corrected chi connectivity index (χ3v) is 3.93. The Labute approximate surface area is 140 Å². The summed E-state index contributed by atoms with van der Waals surface area (Å²) in [6.45, 7) is 0. The van der Waals surface area contributed by atoms with Gasteiger partial charge < -0.3 is 5.11 Å². The van der Waals surface area contributed by atoms with E-state index >= 15 is 0 Å². The average Bonchev–Trinajstić information content (AvgIpc) is 2.63. The van der Waals surface area contributed by atoms with Crippen molar-refractivity contribution in [2.24, 2.45) is 0 Å². The minimum atomic E-state index is -0.977. The van der Waals surface area contributed by atoms with Crippen LogP contribution in [0.5, 0.6) is 0 Å². The fourth-order valence-electron chi connectivity index (χ4n) is 2.80. The van der Waals surface area contributed by atoms with E-state index in [1.807, 2.05) is 12.1 Å². The zero-order valence-corrected chi connectivity index (χ0v) is 12.9. The van der Waals surface area contributed by atoms with Gasteiger partial charge in [0.05, 0.1) is 0 Å². The van der Waals surface area contributed by atoms with Crippen LogP contribution in [0.15, 0.2) is 84.9 Å². The molecule has 0 amide bonds. The molecule has 0 bridgehead atoms. The van der Waals surface area contributed by atoms with E-state index in [-0.39, 0.29) is 5.78 Å². The lowest BCUT2D eigenvalue weighted by molar-refractivity contribution is -0.137. The van der Waals surface area contributed by atoms with Gasteiger partial charge >= 0.3 is 5.97 Å². The second-order valence-corrected chi connectivity index (χ2v) is 5.46. The van der Waals surface area contributed by atoms with E-state index in [0.717, 1.165) is 0 Å². The first kappa shape index (κ1) is 15.7. The number of benzene rings is 3. The van der Waals surface area contributed by atoms with E-state index in [0.29, 0.717) is 22.3 Å². The van der Waals surface area contributed by atoms with E-state index in [4.69, 9.17) is 0 Å². The lowest BCUT2D eigenvalue weighted by Crippen LogP contribution is -2.17. The van der Waals surface area contributed by atoms with Crippen molar-refractivity contribution in [3.63, 3.8) is 0 Å². The van der Waals surface area contributed by atoms with Crippen molar-refractivity contribution in [3.05, 3.63) is 107 Å². The molecule has 3 rings (SSSR count). The van der Waals surface area contributed by atoms with Crippen LogP contribution in [0.4, 0.5) is 0 Å². The van der Waals surface area contributed by atoms with Gasteiger partial charge in [-0.1, -0.05) is 84.9 Å². The van der Waals surface area contributed by atoms with Crippen molar-refractivity contribution < 1.29 is 14.7 Å². The molecular formula is C21H16O3. The molecule has 24 heavy (non-hydrogen) atoms. The lowest BCUT2D eigenvalue weighted by Gasteiger charge is -2.17. The van der Waals surface area contributed by atoms with Crippen LogP contribution in [0.25, 0.3) is 0 Å². The molecule has 0 heterocycles. The van der Waals surface area contributed by atoms with Gasteiger partial charge in [-0.05, 0) is 11.1 Å². The van der Waals surface area contributed by atoms with Crippen LogP contribution in [0.2, 0.25) is 0 Å². The SMILES string of the molecule is O=C(c1ccccc1)c1ccccc1C(C(=O)O)c1ccccc1. The second-order valence-electron chi connectivity index (χ2n) is 5.46. The Morgan fingerprint density at radius 3 is 1.88 bits per heavy atom. The monoisotopic (exact) mass is 316 g/mol. The molecule has 3 aromatic rings. The topological polar surface area (TPSA) is 54.4 Å². The van der Waals surface area contributed by atoms with Crippen LogP contribution in [0, 0.1) is 0 Å². The number of ketones is 1. The molecule has 0 spiro atoms. The zero-order valence-electron chi connectivity index (χ0n) is 12.9. The van der Waals surface area contributed by atoms with Crippen molar-refractivity contribution in [2.45, 2.75) is 5.92 Å². The van der Waals surface area contributed by atoms with E-state index in [2.05, 4.69) is 0 Å². The van der Waals surface area contributed by atoms with Crippen LogP contribution < -0.4 is 0 Å². The van der Waals surface area contributed by atoms with Crippen LogP contribution >= 0.6 is 0 Å². The molecule has 1 unspecified atom stereocenters. The number of carboxylic acids is 1. The fraction of sp³-hybridized carbons (Fsp3) is 0.0476. The summed E-state index contributed by atoms with van der Waals surface area (Å²) in [6, 6.07) is 24.8. The number of aliphatic carboxylic acids is 1. The summed E-state index contributed by atoms with van der Waals surface area (Å²) >= 11 is 0. The Morgan fingerprint density at radius 1 is 0.708 bits per heavy atom. The van der Waals surface area contributed by atoms with Crippen LogP contribution in [0.3, 0.4) is 0 Å². The largest absolute Gasteiger partial charge is 0.481 e. The number of carbonyl (C=O) groups is 2. The average molecular weight is 316 g/mol. The summed E-state index contributed by atoms with van der Waals surface area (Å²) in [5.74, 6) is -2.03. The van der Waals surface area contributed by atoms with Gasteiger partial charge in [0.25, 0.3) is 0 Å². The molecule has 0 fully saturated rings. The Bertz CT molecular complexity index is 855. The molecule has 0 saturated carbocycles. The highest BCUT2D eigenvalue weighted by atomic mass is 16.4. The molecule has 3 heteroatoms. The first-order chi connectivity index (χ1) is 11.7. The maximum absolute atomic E-state index is 12.8. The normalized spacial score (nSPS) is 11.7. The number of carbonyl (C=O) groups excluding carboxylic acids is 1. The molecule has 1 N–H and O–H groups in total. The van der Waals surface area contributed by atoms with E-state index < -0.39 is 11.9 Å². The maximum Gasteiger partial charge on any atom is 0.315 e.